The number of allylic oxidation sites excluding steroid dienone is 2. The van der Waals surface area contributed by atoms with Crippen LogP contribution < -0.4 is 0 Å². The molecule has 1 radical (unpaired) electrons. The van der Waals surface area contributed by atoms with Gasteiger partial charge in [0.25, 0.3) is 0 Å². The Kier molecular flexibility index (Phi) is 10.9. The van der Waals surface area contributed by atoms with E-state index >= 15 is 0 Å². The summed E-state index contributed by atoms with van der Waals surface area (Å²) >= 11 is 0. The van der Waals surface area contributed by atoms with Crippen LogP contribution >= 0.6 is 0 Å². The maximum absolute atomic E-state index is 11.8. The first-order chi connectivity index (χ1) is 19.2. The molecule has 3 aliphatic rings. The molecular weight excluding hydrogens is 683 g/mol. The molecule has 3 aromatic carbocycles. The fourth-order valence-corrected chi connectivity index (χ4v) is 6.80. The van der Waals surface area contributed by atoms with Crippen LogP contribution in [-0.4, -0.2) is 15.9 Å². The third kappa shape index (κ3) is 6.99. The molecule has 0 spiro atoms. The van der Waals surface area contributed by atoms with Crippen LogP contribution in [0.3, 0.4) is 0 Å². The van der Waals surface area contributed by atoms with Crippen molar-refractivity contribution < 1.29 is 30.0 Å². The number of aliphatic hydroxyl groups is 1. The van der Waals surface area contributed by atoms with Crippen LogP contribution in [0.4, 0.5) is 0 Å². The Labute approximate surface area is 258 Å². The van der Waals surface area contributed by atoms with Crippen molar-refractivity contribution in [2.45, 2.75) is 84.5 Å². The first-order valence-electron chi connectivity index (χ1n) is 14.9. The number of nitrogens with zero attached hydrogens (tertiary/aromatic N) is 1. The van der Waals surface area contributed by atoms with Crippen LogP contribution in [0.1, 0.15) is 82.8 Å². The molecule has 0 aliphatic heterocycles. The fraction of sp³-hybridized carbons (Fsp3) is 0.405. The van der Waals surface area contributed by atoms with E-state index in [9.17, 15) is 9.90 Å². The first-order valence-corrected chi connectivity index (χ1v) is 14.9. The number of hydrogen-bond acceptors (Lipinski definition) is 3. The second kappa shape index (κ2) is 14.4. The van der Waals surface area contributed by atoms with Crippen molar-refractivity contribution in [1.82, 2.24) is 4.98 Å². The monoisotopic (exact) mass is 725 g/mol. The maximum Gasteiger partial charge on any atom is 0.162 e. The summed E-state index contributed by atoms with van der Waals surface area (Å²) in [7, 11) is 0. The van der Waals surface area contributed by atoms with Crippen molar-refractivity contribution in [2.75, 3.05) is 0 Å². The molecule has 4 aromatic rings. The zero-order valence-corrected chi connectivity index (χ0v) is 25.5. The predicted molar refractivity (Wildman–Crippen MR) is 167 cm³/mol. The van der Waals surface area contributed by atoms with Gasteiger partial charge >= 0.3 is 0 Å². The number of aromatic nitrogens is 1. The van der Waals surface area contributed by atoms with E-state index in [4.69, 9.17) is 4.98 Å². The van der Waals surface area contributed by atoms with Crippen LogP contribution in [0.25, 0.3) is 32.9 Å². The molecule has 41 heavy (non-hydrogen) atoms. The number of carbonyl (C=O) groups excluding carboxylic acids is 1. The zero-order valence-electron chi connectivity index (χ0n) is 23.1. The molecular formula is C37H42IrNO2-. The average molecular weight is 725 g/mol. The second-order valence-electron chi connectivity index (χ2n) is 11.6. The Morgan fingerprint density at radius 3 is 2.27 bits per heavy atom. The van der Waals surface area contributed by atoms with Gasteiger partial charge in [0, 0.05) is 43.4 Å². The van der Waals surface area contributed by atoms with Crippen molar-refractivity contribution in [3.63, 3.8) is 0 Å². The van der Waals surface area contributed by atoms with E-state index < -0.39 is 0 Å². The molecule has 4 heteroatoms. The molecule has 1 heterocycles. The molecule has 1 N–H and O–H groups in total. The van der Waals surface area contributed by atoms with E-state index in [1.807, 2.05) is 6.07 Å². The summed E-state index contributed by atoms with van der Waals surface area (Å²) in [6, 6.07) is 24.9. The van der Waals surface area contributed by atoms with Gasteiger partial charge in [-0.2, -0.15) is 0 Å². The number of rotatable bonds is 4. The van der Waals surface area contributed by atoms with Gasteiger partial charge < -0.3 is 5.11 Å². The minimum atomic E-state index is 0. The van der Waals surface area contributed by atoms with E-state index in [0.29, 0.717) is 5.76 Å². The van der Waals surface area contributed by atoms with Gasteiger partial charge in [0.2, 0.25) is 0 Å². The molecule has 0 atom stereocenters. The van der Waals surface area contributed by atoms with Crippen molar-refractivity contribution >= 4 is 27.5 Å². The number of fused-ring (bicyclic) bond motifs is 1. The Morgan fingerprint density at radius 1 is 0.829 bits per heavy atom. The number of hydrogen-bond donors (Lipinski definition) is 1. The van der Waals surface area contributed by atoms with Gasteiger partial charge in [0.1, 0.15) is 0 Å². The standard InChI is InChI=1S/C23H18N.C13H20O2.CH4.Ir/c1-2-9-18-15-22(24-21-14-6-11-17(8-1)23(18)21)20-13-5-10-16-7-3-4-12-19(16)20;14-12(10-5-1-2-6-10)9-13(15)11-7-3-4-8-11;;/h3-7,10-12,14-15H,1-2,8-9H2;9-11,14H,1-8H2;1H4;/q-1;;;. The van der Waals surface area contributed by atoms with Crippen molar-refractivity contribution in [3.05, 3.63) is 89.7 Å². The molecule has 0 unspecified atom stereocenters. The topological polar surface area (TPSA) is 50.2 Å². The van der Waals surface area contributed by atoms with Gasteiger partial charge in [-0.25, -0.2) is 0 Å². The van der Waals surface area contributed by atoms with Crippen LogP contribution in [0, 0.1) is 17.9 Å². The van der Waals surface area contributed by atoms with Crippen LogP contribution in [-0.2, 0) is 37.7 Å². The van der Waals surface area contributed by atoms with Gasteiger partial charge in [-0.3, -0.25) is 9.78 Å². The largest absolute Gasteiger partial charge is 0.512 e. The summed E-state index contributed by atoms with van der Waals surface area (Å²) in [5.74, 6) is 0.991. The van der Waals surface area contributed by atoms with Crippen molar-refractivity contribution in [2.24, 2.45) is 11.8 Å². The normalized spacial score (nSPS) is 17.3. The fourth-order valence-electron chi connectivity index (χ4n) is 6.80. The van der Waals surface area contributed by atoms with Crippen molar-refractivity contribution in [3.8, 4) is 11.3 Å². The van der Waals surface area contributed by atoms with E-state index in [1.165, 1.54) is 78.3 Å². The molecule has 7 rings (SSSR count). The summed E-state index contributed by atoms with van der Waals surface area (Å²) in [5, 5.41) is 13.7. The Balaban J connectivity index is 0.000000199. The third-order valence-electron chi connectivity index (χ3n) is 8.94. The molecule has 1 aromatic heterocycles. The van der Waals surface area contributed by atoms with E-state index in [2.05, 4.69) is 60.7 Å². The molecule has 0 saturated heterocycles. The summed E-state index contributed by atoms with van der Waals surface area (Å²) in [5.41, 5.74) is 6.20. The summed E-state index contributed by atoms with van der Waals surface area (Å²) < 4.78 is 0. The van der Waals surface area contributed by atoms with Gasteiger partial charge in [0.05, 0.1) is 11.3 Å². The van der Waals surface area contributed by atoms with Gasteiger partial charge in [-0.05, 0) is 74.3 Å². The summed E-state index contributed by atoms with van der Waals surface area (Å²) in [6.07, 6.45) is 15.3. The molecule has 0 bridgehead atoms. The van der Waals surface area contributed by atoms with E-state index in [0.717, 1.165) is 48.9 Å². The van der Waals surface area contributed by atoms with Gasteiger partial charge in [-0.1, -0.05) is 81.0 Å². The number of pyridine rings is 1. The molecule has 0 amide bonds. The summed E-state index contributed by atoms with van der Waals surface area (Å²) in [4.78, 5) is 16.8. The molecule has 2 saturated carbocycles. The Morgan fingerprint density at radius 2 is 1.51 bits per heavy atom. The molecule has 3 nitrogen and oxygen atoms in total. The van der Waals surface area contributed by atoms with Gasteiger partial charge in [-0.15, -0.1) is 29.1 Å². The van der Waals surface area contributed by atoms with Crippen molar-refractivity contribution in [1.29, 1.82) is 0 Å². The minimum Gasteiger partial charge on any atom is -0.512 e. The number of aliphatic hydroxyl groups excluding tert-OH is 1. The van der Waals surface area contributed by atoms with Gasteiger partial charge in [0.15, 0.2) is 5.78 Å². The number of benzene rings is 3. The molecule has 2 fully saturated rings. The maximum atomic E-state index is 11.8. The van der Waals surface area contributed by atoms with E-state index in [1.54, 1.807) is 0 Å². The number of ketones is 1. The van der Waals surface area contributed by atoms with Crippen LogP contribution in [0.15, 0.2) is 72.5 Å². The smallest absolute Gasteiger partial charge is 0.162 e. The Hall–Kier alpha value is -2.81. The number of carbonyl (C=O) groups is 1. The minimum absolute atomic E-state index is 0. The second-order valence-corrected chi connectivity index (χ2v) is 11.6. The number of aryl methyl sites for hydroxylation is 2. The molecule has 217 valence electrons. The molecule has 3 aliphatic carbocycles. The van der Waals surface area contributed by atoms with Crippen LogP contribution in [0.5, 0.6) is 0 Å². The Bertz CT molecular complexity index is 1510. The SMILES string of the molecule is C.O=C(C=C(O)C1CCCC1)C1CCCC1.[Ir].[c-]1ccc2ccccc2c1-c1cc2c3c(cccc3n1)CCCC2. The predicted octanol–water partition coefficient (Wildman–Crippen LogP) is 9.75. The van der Waals surface area contributed by atoms with Crippen LogP contribution in [0.2, 0.25) is 0 Å². The third-order valence-corrected chi connectivity index (χ3v) is 8.94. The summed E-state index contributed by atoms with van der Waals surface area (Å²) in [6.45, 7) is 0. The average Bonchev–Trinajstić information content (AvgIpc) is 3.67. The first kappa shape index (κ1) is 31.1. The quantitative estimate of drug-likeness (QED) is 0.130. The van der Waals surface area contributed by atoms with E-state index in [-0.39, 0.29) is 45.2 Å². The zero-order chi connectivity index (χ0) is 26.6.